The van der Waals surface area contributed by atoms with Gasteiger partial charge in [-0.25, -0.2) is 0 Å². The zero-order valence-corrected chi connectivity index (χ0v) is 18.9. The third kappa shape index (κ3) is 6.68. The number of nitrogens with one attached hydrogen (secondary N) is 3. The molecule has 0 spiro atoms. The molecule has 1 saturated carbocycles. The van der Waals surface area contributed by atoms with Crippen LogP contribution in [0.2, 0.25) is 5.02 Å². The molecule has 5 heteroatoms. The van der Waals surface area contributed by atoms with Gasteiger partial charge in [0.1, 0.15) is 0 Å². The highest BCUT2D eigenvalue weighted by molar-refractivity contribution is 6.31. The molecule has 4 nitrogen and oxygen atoms in total. The van der Waals surface area contributed by atoms with Crippen LogP contribution in [0.1, 0.15) is 37.8 Å². The topological polar surface area (TPSA) is 43.1 Å². The number of benzene rings is 1. The number of H-pyrrole nitrogens is 1. The zero-order chi connectivity index (χ0) is 21.5. The lowest BCUT2D eigenvalue weighted by Gasteiger charge is -2.31. The highest BCUT2D eigenvalue weighted by Gasteiger charge is 2.17. The Morgan fingerprint density at radius 3 is 2.83 bits per heavy atom. The lowest BCUT2D eigenvalue weighted by atomic mass is 10.1. The van der Waals surface area contributed by atoms with Crippen molar-refractivity contribution >= 4 is 22.5 Å². The molecule has 2 aliphatic rings. The molecular weight excluding hydrogens is 392 g/mol. The van der Waals surface area contributed by atoms with Crippen molar-refractivity contribution in [2.24, 2.45) is 5.92 Å². The number of piperidine rings is 1. The summed E-state index contributed by atoms with van der Waals surface area (Å²) in [6.07, 6.45) is 8.17. The second kappa shape index (κ2) is 10.7. The van der Waals surface area contributed by atoms with E-state index in [0.29, 0.717) is 6.04 Å². The Morgan fingerprint density at radius 1 is 1.33 bits per heavy atom. The van der Waals surface area contributed by atoms with Crippen LogP contribution in [-0.2, 0) is 6.54 Å². The van der Waals surface area contributed by atoms with Crippen molar-refractivity contribution in [1.29, 1.82) is 0 Å². The minimum Gasteiger partial charge on any atom is -0.368 e. The standard InChI is InChI=1S/C17H23ClN4.C8H12/c1-12(20-15-4-3-7-22(2)11-15)19-10-16-9-13-8-14(18)5-6-17(13)21-16;1-3-8-5-4-7(2)6-8/h5-6,8-9,15,19-21H,1,3-4,7,10-11H2,2H3;3,8H,1-2,4-6H2. The van der Waals surface area contributed by atoms with Gasteiger partial charge in [-0.2, -0.15) is 0 Å². The van der Waals surface area contributed by atoms with E-state index in [9.17, 15) is 0 Å². The van der Waals surface area contributed by atoms with Gasteiger partial charge in [0.2, 0.25) is 0 Å². The molecule has 0 radical (unpaired) electrons. The second-order valence-corrected chi connectivity index (χ2v) is 9.03. The summed E-state index contributed by atoms with van der Waals surface area (Å²) in [5, 5.41) is 8.73. The van der Waals surface area contributed by atoms with Crippen molar-refractivity contribution in [3.63, 3.8) is 0 Å². The fourth-order valence-electron chi connectivity index (χ4n) is 4.21. The molecule has 30 heavy (non-hydrogen) atoms. The van der Waals surface area contributed by atoms with E-state index in [1.54, 1.807) is 0 Å². The molecule has 2 heterocycles. The number of nitrogens with zero attached hydrogens (tertiary/aromatic N) is 1. The minimum atomic E-state index is 0.486. The van der Waals surface area contributed by atoms with Crippen LogP contribution < -0.4 is 10.6 Å². The highest BCUT2D eigenvalue weighted by Crippen LogP contribution is 2.28. The second-order valence-electron chi connectivity index (χ2n) is 8.59. The fraction of sp³-hybridized carbons (Fsp3) is 0.440. The maximum absolute atomic E-state index is 6.02. The van der Waals surface area contributed by atoms with E-state index in [4.69, 9.17) is 11.6 Å². The van der Waals surface area contributed by atoms with Crippen molar-refractivity contribution in [3.05, 3.63) is 72.2 Å². The summed E-state index contributed by atoms with van der Waals surface area (Å²) >= 11 is 6.02. The molecule has 0 bridgehead atoms. The minimum absolute atomic E-state index is 0.486. The van der Waals surface area contributed by atoms with Gasteiger partial charge in [0.15, 0.2) is 0 Å². The normalized spacial score (nSPS) is 21.7. The summed E-state index contributed by atoms with van der Waals surface area (Å²) in [6, 6.07) is 8.49. The first-order chi connectivity index (χ1) is 14.4. The Morgan fingerprint density at radius 2 is 2.17 bits per heavy atom. The van der Waals surface area contributed by atoms with Crippen LogP contribution in [0, 0.1) is 5.92 Å². The summed E-state index contributed by atoms with van der Waals surface area (Å²) in [4.78, 5) is 5.75. The molecule has 2 fully saturated rings. The van der Waals surface area contributed by atoms with Crippen LogP contribution in [0.5, 0.6) is 0 Å². The molecule has 3 N–H and O–H groups in total. The van der Waals surface area contributed by atoms with Gasteiger partial charge in [-0.05, 0) is 75.9 Å². The van der Waals surface area contributed by atoms with Gasteiger partial charge in [-0.1, -0.05) is 36.4 Å². The lowest BCUT2D eigenvalue weighted by Crippen LogP contribution is -2.45. The van der Waals surface area contributed by atoms with E-state index < -0.39 is 0 Å². The Kier molecular flexibility index (Phi) is 8.06. The molecule has 162 valence electrons. The molecule has 2 aromatic rings. The monoisotopic (exact) mass is 426 g/mol. The summed E-state index contributed by atoms with van der Waals surface area (Å²) < 4.78 is 0. The average Bonchev–Trinajstić information content (AvgIpc) is 3.32. The Labute approximate surface area is 186 Å². The van der Waals surface area contributed by atoms with Crippen molar-refractivity contribution in [3.8, 4) is 0 Å². The van der Waals surface area contributed by atoms with Gasteiger partial charge in [0.05, 0.1) is 12.4 Å². The van der Waals surface area contributed by atoms with Crippen molar-refractivity contribution < 1.29 is 0 Å². The first kappa shape index (κ1) is 22.5. The van der Waals surface area contributed by atoms with Crippen molar-refractivity contribution in [2.45, 2.75) is 44.7 Å². The number of rotatable bonds is 6. The number of aromatic amines is 1. The van der Waals surface area contributed by atoms with Gasteiger partial charge in [0.25, 0.3) is 0 Å². The number of likely N-dealkylation sites (tertiary alicyclic amines) is 1. The summed E-state index contributed by atoms with van der Waals surface area (Å²) in [6.45, 7) is 14.7. The SMILES string of the molecule is C=C(NCc1cc2cc(Cl)ccc2[nH]1)NC1CCCN(C)C1.C=CC1CCC(=C)C1. The van der Waals surface area contributed by atoms with E-state index in [1.165, 1.54) is 44.2 Å². The molecule has 1 aliphatic heterocycles. The number of hydrogen-bond acceptors (Lipinski definition) is 3. The van der Waals surface area contributed by atoms with E-state index >= 15 is 0 Å². The maximum Gasteiger partial charge on any atom is 0.0918 e. The van der Waals surface area contributed by atoms with Crippen LogP contribution in [0.3, 0.4) is 0 Å². The number of allylic oxidation sites excluding steroid dienone is 2. The molecule has 1 aliphatic carbocycles. The number of halogens is 1. The smallest absolute Gasteiger partial charge is 0.0918 e. The zero-order valence-electron chi connectivity index (χ0n) is 18.1. The predicted molar refractivity (Wildman–Crippen MR) is 130 cm³/mol. The van der Waals surface area contributed by atoms with Crippen LogP contribution in [-0.4, -0.2) is 36.1 Å². The Bertz CT molecular complexity index is 884. The van der Waals surface area contributed by atoms with Crippen LogP contribution >= 0.6 is 11.6 Å². The summed E-state index contributed by atoms with van der Waals surface area (Å²) in [7, 11) is 2.17. The van der Waals surface area contributed by atoms with E-state index in [0.717, 1.165) is 46.4 Å². The largest absolute Gasteiger partial charge is 0.368 e. The van der Waals surface area contributed by atoms with Crippen molar-refractivity contribution in [2.75, 3.05) is 20.1 Å². The first-order valence-electron chi connectivity index (χ1n) is 10.9. The van der Waals surface area contributed by atoms with Gasteiger partial charge in [-0.15, -0.1) is 6.58 Å². The number of hydrogen-bond donors (Lipinski definition) is 3. The van der Waals surface area contributed by atoms with Gasteiger partial charge < -0.3 is 20.5 Å². The van der Waals surface area contributed by atoms with Crippen LogP contribution in [0.4, 0.5) is 0 Å². The summed E-state index contributed by atoms with van der Waals surface area (Å²) in [5.41, 5.74) is 3.63. The van der Waals surface area contributed by atoms with E-state index in [1.807, 2.05) is 24.3 Å². The molecular formula is C25H35ClN4. The van der Waals surface area contributed by atoms with Crippen molar-refractivity contribution in [1.82, 2.24) is 20.5 Å². The van der Waals surface area contributed by atoms with E-state index in [-0.39, 0.29) is 0 Å². The Hall–Kier alpha value is -2.17. The average molecular weight is 427 g/mol. The molecule has 1 saturated heterocycles. The molecule has 2 atom stereocenters. The molecule has 2 unspecified atom stereocenters. The molecule has 1 aromatic heterocycles. The van der Waals surface area contributed by atoms with E-state index in [2.05, 4.69) is 53.4 Å². The van der Waals surface area contributed by atoms with Gasteiger partial charge >= 0.3 is 0 Å². The molecule has 4 rings (SSSR count). The maximum atomic E-state index is 6.02. The van der Waals surface area contributed by atoms with Gasteiger partial charge in [-0.3, -0.25) is 0 Å². The number of fused-ring (bicyclic) bond motifs is 1. The third-order valence-electron chi connectivity index (χ3n) is 5.89. The molecule has 0 amide bonds. The van der Waals surface area contributed by atoms with Gasteiger partial charge in [0, 0.05) is 34.2 Å². The third-order valence-corrected chi connectivity index (χ3v) is 6.12. The quantitative estimate of drug-likeness (QED) is 0.527. The van der Waals surface area contributed by atoms with Crippen LogP contribution in [0.15, 0.2) is 61.5 Å². The summed E-state index contributed by atoms with van der Waals surface area (Å²) in [5.74, 6) is 1.62. The number of aromatic nitrogens is 1. The lowest BCUT2D eigenvalue weighted by molar-refractivity contribution is 0.233. The highest BCUT2D eigenvalue weighted by atomic mass is 35.5. The first-order valence-corrected chi connectivity index (χ1v) is 11.2. The molecule has 1 aromatic carbocycles. The Balaban J connectivity index is 0.000000269. The van der Waals surface area contributed by atoms with Crippen LogP contribution in [0.25, 0.3) is 10.9 Å². The fourth-order valence-corrected chi connectivity index (χ4v) is 4.39. The number of likely N-dealkylation sites (N-methyl/N-ethyl adjacent to an activating group) is 1. The predicted octanol–water partition coefficient (Wildman–Crippen LogP) is 5.59.